The van der Waals surface area contributed by atoms with Gasteiger partial charge in [0.2, 0.25) is 6.79 Å². The Morgan fingerprint density at radius 2 is 1.90 bits per heavy atom. The third-order valence-electron chi connectivity index (χ3n) is 6.05. The van der Waals surface area contributed by atoms with Gasteiger partial charge in [-0.2, -0.15) is 4.58 Å². The zero-order valence-corrected chi connectivity index (χ0v) is 18.6. The van der Waals surface area contributed by atoms with E-state index in [9.17, 15) is 5.11 Å². The quantitative estimate of drug-likeness (QED) is 0.543. The van der Waals surface area contributed by atoms with Crippen LogP contribution in [0, 0.1) is 6.92 Å². The van der Waals surface area contributed by atoms with E-state index in [1.54, 1.807) is 7.11 Å². The molecule has 0 radical (unpaired) electrons. The first kappa shape index (κ1) is 21.3. The van der Waals surface area contributed by atoms with Gasteiger partial charge in [0, 0.05) is 24.8 Å². The highest BCUT2D eigenvalue weighted by Crippen LogP contribution is 2.32. The maximum atomic E-state index is 10.8. The molecule has 0 atom stereocenters. The molecule has 31 heavy (non-hydrogen) atoms. The predicted octanol–water partition coefficient (Wildman–Crippen LogP) is 3.04. The fraction of sp³-hybridized carbons (Fsp3) is 0.458. The summed E-state index contributed by atoms with van der Waals surface area (Å²) in [6, 6.07) is 12.3. The molecule has 4 rings (SSSR count). The van der Waals surface area contributed by atoms with Gasteiger partial charge in [0.1, 0.15) is 12.3 Å². The van der Waals surface area contributed by atoms with Gasteiger partial charge in [-0.3, -0.25) is 4.90 Å². The number of anilines is 1. The summed E-state index contributed by atoms with van der Waals surface area (Å²) in [4.78, 5) is 4.57. The van der Waals surface area contributed by atoms with Gasteiger partial charge in [0.05, 0.1) is 20.2 Å². The summed E-state index contributed by atoms with van der Waals surface area (Å²) in [5.41, 5.74) is 3.38. The number of aryl methyl sites for hydroxylation is 1. The summed E-state index contributed by atoms with van der Waals surface area (Å²) < 4.78 is 18.4. The molecule has 1 saturated heterocycles. The molecular formula is C24H32N3O4+. The summed E-state index contributed by atoms with van der Waals surface area (Å²) in [5, 5.41) is 10.8. The molecular weight excluding hydrogens is 394 g/mol. The van der Waals surface area contributed by atoms with E-state index in [0.717, 1.165) is 67.8 Å². The minimum absolute atomic E-state index is 0.302. The van der Waals surface area contributed by atoms with Crippen molar-refractivity contribution in [3.05, 3.63) is 47.5 Å². The Bertz CT molecular complexity index is 950. The molecule has 2 aromatic rings. The second-order valence-electron chi connectivity index (χ2n) is 8.04. The number of hydrogen-bond donors (Lipinski definition) is 1. The molecule has 166 valence electrons. The average Bonchev–Trinajstić information content (AvgIpc) is 3.26. The van der Waals surface area contributed by atoms with Crippen molar-refractivity contribution in [1.29, 1.82) is 0 Å². The Hall–Kier alpha value is -2.93. The molecule has 1 fully saturated rings. The van der Waals surface area contributed by atoms with Gasteiger partial charge >= 0.3 is 5.90 Å². The van der Waals surface area contributed by atoms with Crippen LogP contribution in [0.1, 0.15) is 18.1 Å². The Balaban J connectivity index is 1.36. The number of likely N-dealkylation sites (N-methyl/N-ethyl adjacent to an activating group) is 1. The summed E-state index contributed by atoms with van der Waals surface area (Å²) in [6.45, 7) is 10.0. The standard InChI is InChI=1S/C24H31N3O4/c1-4-26(20-7-5-18(2)22(14-20)29-3)16-24(28)27-11-9-25(10-12-27)15-19-6-8-21-23(13-19)31-17-30-21/h5-8,13-14H,4,9-12,15-17H2,1-3H3/p+1. The van der Waals surface area contributed by atoms with E-state index in [1.165, 1.54) is 5.56 Å². The predicted molar refractivity (Wildman–Crippen MR) is 121 cm³/mol. The number of methoxy groups -OCH3 is 1. The number of piperazine rings is 1. The number of benzene rings is 2. The lowest BCUT2D eigenvalue weighted by molar-refractivity contribution is -0.547. The Kier molecular flexibility index (Phi) is 6.51. The van der Waals surface area contributed by atoms with Crippen LogP contribution in [-0.4, -0.2) is 73.7 Å². The maximum Gasteiger partial charge on any atom is 0.354 e. The summed E-state index contributed by atoms with van der Waals surface area (Å²) >= 11 is 0. The van der Waals surface area contributed by atoms with Crippen LogP contribution >= 0.6 is 0 Å². The fourth-order valence-corrected chi connectivity index (χ4v) is 4.12. The lowest BCUT2D eigenvalue weighted by Gasteiger charge is -2.27. The molecule has 1 N–H and O–H groups in total. The van der Waals surface area contributed by atoms with E-state index < -0.39 is 0 Å². The minimum Gasteiger partial charge on any atom is -0.496 e. The molecule has 2 aliphatic heterocycles. The molecule has 0 saturated carbocycles. The molecule has 0 aromatic heterocycles. The lowest BCUT2D eigenvalue weighted by atomic mass is 10.1. The van der Waals surface area contributed by atoms with Crippen molar-refractivity contribution in [3.8, 4) is 17.2 Å². The summed E-state index contributed by atoms with van der Waals surface area (Å²) in [5.74, 6) is 2.94. The normalized spacial score (nSPS) is 15.8. The third kappa shape index (κ3) is 4.88. The molecule has 0 amide bonds. The first-order valence-electron chi connectivity index (χ1n) is 10.9. The second kappa shape index (κ2) is 9.47. The van der Waals surface area contributed by atoms with Crippen LogP contribution in [0.25, 0.3) is 0 Å². The molecule has 0 aliphatic carbocycles. The fourth-order valence-electron chi connectivity index (χ4n) is 4.12. The molecule has 2 aliphatic rings. The number of nitrogens with zero attached hydrogens (tertiary/aromatic N) is 3. The van der Waals surface area contributed by atoms with E-state index in [-0.39, 0.29) is 0 Å². The maximum absolute atomic E-state index is 10.8. The second-order valence-corrected chi connectivity index (χ2v) is 8.04. The van der Waals surface area contributed by atoms with Crippen molar-refractivity contribution in [3.63, 3.8) is 0 Å². The molecule has 2 aromatic carbocycles. The van der Waals surface area contributed by atoms with Gasteiger partial charge in [-0.25, -0.2) is 0 Å². The highest BCUT2D eigenvalue weighted by atomic mass is 16.7. The van der Waals surface area contributed by atoms with Crippen molar-refractivity contribution in [2.75, 3.05) is 58.1 Å². The van der Waals surface area contributed by atoms with Crippen molar-refractivity contribution in [2.45, 2.75) is 20.4 Å². The van der Waals surface area contributed by atoms with Crippen LogP contribution in [0.4, 0.5) is 5.69 Å². The van der Waals surface area contributed by atoms with Crippen LogP contribution in [0.2, 0.25) is 0 Å². The molecule has 0 bridgehead atoms. The van der Waals surface area contributed by atoms with Gasteiger partial charge in [0.15, 0.2) is 24.6 Å². The summed E-state index contributed by atoms with van der Waals surface area (Å²) in [7, 11) is 1.69. The van der Waals surface area contributed by atoms with Gasteiger partial charge < -0.3 is 24.2 Å². The minimum atomic E-state index is 0.302. The van der Waals surface area contributed by atoms with Crippen LogP contribution in [0.15, 0.2) is 36.4 Å². The summed E-state index contributed by atoms with van der Waals surface area (Å²) in [6.07, 6.45) is 0. The van der Waals surface area contributed by atoms with Gasteiger partial charge in [-0.05, 0) is 43.2 Å². The van der Waals surface area contributed by atoms with Crippen molar-refractivity contribution in [1.82, 2.24) is 4.90 Å². The number of fused-ring (bicyclic) bond motifs is 1. The highest BCUT2D eigenvalue weighted by molar-refractivity contribution is 5.75. The lowest BCUT2D eigenvalue weighted by Crippen LogP contribution is -2.45. The average molecular weight is 427 g/mol. The van der Waals surface area contributed by atoms with Gasteiger partial charge in [-0.1, -0.05) is 12.1 Å². The Morgan fingerprint density at radius 3 is 2.65 bits per heavy atom. The first-order chi connectivity index (χ1) is 15.1. The van der Waals surface area contributed by atoms with E-state index >= 15 is 0 Å². The monoisotopic (exact) mass is 426 g/mol. The Labute approximate surface area is 184 Å². The zero-order valence-electron chi connectivity index (χ0n) is 18.6. The third-order valence-corrected chi connectivity index (χ3v) is 6.05. The zero-order chi connectivity index (χ0) is 21.8. The van der Waals surface area contributed by atoms with E-state index in [2.05, 4.69) is 45.6 Å². The molecule has 2 heterocycles. The number of aliphatic hydroxyl groups excluding tert-OH is 1. The molecule has 7 heteroatoms. The number of aliphatic hydroxyl groups is 1. The van der Waals surface area contributed by atoms with Crippen LogP contribution in [0.5, 0.6) is 17.2 Å². The number of ether oxygens (including phenoxy) is 3. The first-order valence-corrected chi connectivity index (χ1v) is 10.9. The topological polar surface area (TPSA) is 57.4 Å². The highest BCUT2D eigenvalue weighted by Gasteiger charge is 2.24. The van der Waals surface area contributed by atoms with E-state index in [0.29, 0.717) is 19.2 Å². The number of rotatable bonds is 7. The Morgan fingerprint density at radius 1 is 1.13 bits per heavy atom. The molecule has 7 nitrogen and oxygen atoms in total. The van der Waals surface area contributed by atoms with Crippen molar-refractivity contribution < 1.29 is 23.9 Å². The van der Waals surface area contributed by atoms with E-state index in [4.69, 9.17) is 14.2 Å². The number of hydrogen-bond acceptors (Lipinski definition) is 5. The van der Waals surface area contributed by atoms with E-state index in [1.807, 2.05) is 19.1 Å². The smallest absolute Gasteiger partial charge is 0.354 e. The van der Waals surface area contributed by atoms with Crippen LogP contribution in [-0.2, 0) is 6.54 Å². The van der Waals surface area contributed by atoms with Crippen molar-refractivity contribution in [2.24, 2.45) is 0 Å². The molecule has 0 spiro atoms. The van der Waals surface area contributed by atoms with Crippen molar-refractivity contribution >= 4 is 11.6 Å². The molecule has 0 unspecified atom stereocenters. The van der Waals surface area contributed by atoms with Crippen LogP contribution < -0.4 is 19.1 Å². The van der Waals surface area contributed by atoms with Gasteiger partial charge in [0.25, 0.3) is 0 Å². The van der Waals surface area contributed by atoms with Gasteiger partial charge in [-0.15, -0.1) is 0 Å². The SMILES string of the molecule is CCN(CC(O)=[N+]1CCN(Cc2ccc3c(c2)OCO3)CC1)c1ccc(C)c(OC)c1. The largest absolute Gasteiger partial charge is 0.496 e. The van der Waals surface area contributed by atoms with Crippen LogP contribution in [0.3, 0.4) is 0 Å².